The smallest absolute Gasteiger partial charge is 0.175 e. The number of nitriles is 1. The average Bonchev–Trinajstić information content (AvgIpc) is 2.60. The fourth-order valence-corrected chi connectivity index (χ4v) is 3.05. The molecule has 0 radical (unpaired) electrons. The summed E-state index contributed by atoms with van der Waals surface area (Å²) in [5.41, 5.74) is 3.51. The molecule has 2 aromatic rings. The van der Waals surface area contributed by atoms with Crippen LogP contribution in [0.3, 0.4) is 0 Å². The first kappa shape index (κ1) is 18.9. The molecule has 126 valence electrons. The quantitative estimate of drug-likeness (QED) is 0.271. The summed E-state index contributed by atoms with van der Waals surface area (Å²) in [5, 5.41) is 9.52. The fraction of sp³-hybridized carbons (Fsp3) is 0.190. The van der Waals surface area contributed by atoms with Gasteiger partial charge < -0.3 is 9.47 Å². The number of allylic oxidation sites excluding steroid dienone is 1. The maximum absolute atomic E-state index is 9.52. The van der Waals surface area contributed by atoms with Crippen LogP contribution in [0.5, 0.6) is 11.5 Å². The van der Waals surface area contributed by atoms with Crippen LogP contribution in [0, 0.1) is 34.2 Å². The molecule has 0 aromatic heterocycles. The second kappa shape index (κ2) is 9.15. The number of rotatable bonds is 6. The van der Waals surface area contributed by atoms with E-state index in [-0.39, 0.29) is 6.61 Å². The van der Waals surface area contributed by atoms with Crippen LogP contribution in [0.25, 0.3) is 11.6 Å². The van der Waals surface area contributed by atoms with Crippen molar-refractivity contribution in [1.82, 2.24) is 0 Å². The summed E-state index contributed by atoms with van der Waals surface area (Å²) >= 11 is 2.18. The van der Waals surface area contributed by atoms with Crippen molar-refractivity contribution < 1.29 is 9.47 Å². The summed E-state index contributed by atoms with van der Waals surface area (Å²) in [6, 6.07) is 14.0. The van der Waals surface area contributed by atoms with Crippen molar-refractivity contribution >= 4 is 34.2 Å². The largest absolute Gasteiger partial charge is 0.490 e. The zero-order valence-electron chi connectivity index (χ0n) is 14.2. The van der Waals surface area contributed by atoms with E-state index < -0.39 is 0 Å². The number of hydrogen-bond donors (Lipinski definition) is 0. The number of benzene rings is 2. The number of terminal acetylenes is 1. The van der Waals surface area contributed by atoms with Crippen molar-refractivity contribution in [2.75, 3.05) is 13.2 Å². The van der Waals surface area contributed by atoms with Crippen LogP contribution in [0.2, 0.25) is 0 Å². The van der Waals surface area contributed by atoms with Gasteiger partial charge in [0.05, 0.1) is 21.8 Å². The van der Waals surface area contributed by atoms with Crippen LogP contribution >= 0.6 is 22.6 Å². The number of aryl methyl sites for hydroxylation is 1. The van der Waals surface area contributed by atoms with Gasteiger partial charge in [0, 0.05) is 0 Å². The lowest BCUT2D eigenvalue weighted by atomic mass is 10.0. The Morgan fingerprint density at radius 2 is 1.96 bits per heavy atom. The Balaban J connectivity index is 2.45. The van der Waals surface area contributed by atoms with Crippen LogP contribution in [0.1, 0.15) is 23.6 Å². The molecule has 0 unspecified atom stereocenters. The van der Waals surface area contributed by atoms with Gasteiger partial charge in [-0.05, 0) is 65.8 Å². The van der Waals surface area contributed by atoms with E-state index in [0.29, 0.717) is 23.7 Å². The Labute approximate surface area is 162 Å². The molecule has 0 heterocycles. The van der Waals surface area contributed by atoms with Gasteiger partial charge >= 0.3 is 0 Å². The van der Waals surface area contributed by atoms with Gasteiger partial charge in [-0.15, -0.1) is 6.42 Å². The number of hydrogen-bond acceptors (Lipinski definition) is 3. The van der Waals surface area contributed by atoms with Crippen LogP contribution in [-0.4, -0.2) is 13.2 Å². The molecule has 0 saturated carbocycles. The van der Waals surface area contributed by atoms with Gasteiger partial charge in [0.15, 0.2) is 11.5 Å². The van der Waals surface area contributed by atoms with E-state index in [0.717, 1.165) is 20.3 Å². The van der Waals surface area contributed by atoms with E-state index in [1.165, 1.54) is 0 Å². The van der Waals surface area contributed by atoms with Crippen molar-refractivity contribution in [2.45, 2.75) is 13.8 Å². The minimum atomic E-state index is 0.179. The monoisotopic (exact) mass is 443 g/mol. The Morgan fingerprint density at radius 1 is 1.24 bits per heavy atom. The number of halogens is 1. The van der Waals surface area contributed by atoms with Crippen molar-refractivity contribution in [3.63, 3.8) is 0 Å². The highest BCUT2D eigenvalue weighted by atomic mass is 127. The highest BCUT2D eigenvalue weighted by Gasteiger charge is 2.12. The number of ether oxygens (including phenoxy) is 2. The van der Waals surface area contributed by atoms with Gasteiger partial charge in [0.1, 0.15) is 6.61 Å². The molecule has 0 amide bonds. The fourth-order valence-electron chi connectivity index (χ4n) is 2.27. The van der Waals surface area contributed by atoms with E-state index >= 15 is 0 Å². The Bertz CT molecular complexity index is 855. The van der Waals surface area contributed by atoms with Crippen molar-refractivity contribution in [3.05, 3.63) is 56.7 Å². The van der Waals surface area contributed by atoms with Crippen molar-refractivity contribution in [3.8, 4) is 29.9 Å². The molecule has 2 aromatic carbocycles. The lowest BCUT2D eigenvalue weighted by molar-refractivity contribution is 0.297. The summed E-state index contributed by atoms with van der Waals surface area (Å²) < 4.78 is 12.2. The summed E-state index contributed by atoms with van der Waals surface area (Å²) in [4.78, 5) is 0. The molecule has 0 aliphatic rings. The summed E-state index contributed by atoms with van der Waals surface area (Å²) in [6.45, 7) is 4.62. The zero-order valence-corrected chi connectivity index (χ0v) is 16.3. The molecule has 0 aliphatic heterocycles. The third-order valence-electron chi connectivity index (χ3n) is 3.43. The predicted molar refractivity (Wildman–Crippen MR) is 109 cm³/mol. The van der Waals surface area contributed by atoms with Crippen LogP contribution in [0.4, 0.5) is 0 Å². The molecular formula is C21H18INO2. The van der Waals surface area contributed by atoms with Gasteiger partial charge in [-0.2, -0.15) is 5.26 Å². The van der Waals surface area contributed by atoms with Gasteiger partial charge in [-0.1, -0.05) is 35.7 Å². The molecule has 0 saturated heterocycles. The van der Waals surface area contributed by atoms with Crippen molar-refractivity contribution in [1.29, 1.82) is 5.26 Å². The topological polar surface area (TPSA) is 42.2 Å². The first-order valence-electron chi connectivity index (χ1n) is 7.80. The van der Waals surface area contributed by atoms with Gasteiger partial charge in [0.25, 0.3) is 0 Å². The van der Waals surface area contributed by atoms with Crippen LogP contribution in [-0.2, 0) is 0 Å². The Morgan fingerprint density at radius 3 is 2.56 bits per heavy atom. The lowest BCUT2D eigenvalue weighted by Crippen LogP contribution is -2.01. The second-order valence-corrected chi connectivity index (χ2v) is 6.45. The van der Waals surface area contributed by atoms with E-state index in [1.54, 1.807) is 0 Å². The lowest BCUT2D eigenvalue weighted by Gasteiger charge is -2.13. The average molecular weight is 443 g/mol. The van der Waals surface area contributed by atoms with Gasteiger partial charge in [-0.3, -0.25) is 0 Å². The summed E-state index contributed by atoms with van der Waals surface area (Å²) in [7, 11) is 0. The highest BCUT2D eigenvalue weighted by Crippen LogP contribution is 2.35. The molecule has 0 aliphatic carbocycles. The Kier molecular flexibility index (Phi) is 6.91. The van der Waals surface area contributed by atoms with E-state index in [4.69, 9.17) is 15.9 Å². The second-order valence-electron chi connectivity index (χ2n) is 5.29. The molecule has 0 bridgehead atoms. The third-order valence-corrected chi connectivity index (χ3v) is 4.23. The Hall–Kier alpha value is -2.44. The summed E-state index contributed by atoms with van der Waals surface area (Å²) in [6.07, 6.45) is 7.12. The SMILES string of the molecule is C#CCOc1c(I)cc(/C=C(/C#N)c2ccc(C)cc2)cc1OCC. The molecule has 0 spiro atoms. The molecule has 0 fully saturated rings. The first-order chi connectivity index (χ1) is 12.1. The molecule has 2 rings (SSSR count). The standard InChI is InChI=1S/C21H18INO2/c1-4-10-25-21-19(22)12-16(13-20(21)24-5-2)11-18(14-23)17-8-6-15(3)7-9-17/h1,6-9,11-13H,5,10H2,2-3H3/b18-11-. The minimum absolute atomic E-state index is 0.179. The molecule has 0 atom stereocenters. The van der Waals surface area contributed by atoms with Crippen LogP contribution in [0.15, 0.2) is 36.4 Å². The van der Waals surface area contributed by atoms with Gasteiger partial charge in [-0.25, -0.2) is 0 Å². The third kappa shape index (κ3) is 5.01. The number of nitrogens with zero attached hydrogens (tertiary/aromatic N) is 1. The molecule has 3 nitrogen and oxygen atoms in total. The summed E-state index contributed by atoms with van der Waals surface area (Å²) in [5.74, 6) is 3.71. The maximum atomic E-state index is 9.52. The minimum Gasteiger partial charge on any atom is -0.490 e. The molecular weight excluding hydrogens is 425 g/mol. The molecule has 25 heavy (non-hydrogen) atoms. The highest BCUT2D eigenvalue weighted by molar-refractivity contribution is 14.1. The first-order valence-corrected chi connectivity index (χ1v) is 8.88. The molecule has 0 N–H and O–H groups in total. The van der Waals surface area contributed by atoms with E-state index in [2.05, 4.69) is 34.6 Å². The zero-order chi connectivity index (χ0) is 18.2. The van der Waals surface area contributed by atoms with Crippen molar-refractivity contribution in [2.24, 2.45) is 0 Å². The predicted octanol–water partition coefficient (Wildman–Crippen LogP) is 5.07. The van der Waals surface area contributed by atoms with Crippen LogP contribution < -0.4 is 9.47 Å². The maximum Gasteiger partial charge on any atom is 0.175 e. The normalized spacial score (nSPS) is 10.7. The molecule has 4 heteroatoms. The van der Waals surface area contributed by atoms with Gasteiger partial charge in [0.2, 0.25) is 0 Å². The van der Waals surface area contributed by atoms with E-state index in [9.17, 15) is 5.26 Å². The van der Waals surface area contributed by atoms with E-state index in [1.807, 2.05) is 56.3 Å².